The smallest absolute Gasteiger partial charge is 0.0670 e. The fraction of sp³-hybridized carbons (Fsp3) is 1.00. The van der Waals surface area contributed by atoms with E-state index in [-0.39, 0.29) is 0 Å². The van der Waals surface area contributed by atoms with E-state index in [2.05, 4.69) is 18.7 Å². The molecule has 1 rings (SSSR count). The maximum absolute atomic E-state index is 5.85. The van der Waals surface area contributed by atoms with Gasteiger partial charge in [-0.05, 0) is 32.2 Å². The summed E-state index contributed by atoms with van der Waals surface area (Å²) in [7, 11) is 1.78. The number of methoxy groups -OCH3 is 1. The summed E-state index contributed by atoms with van der Waals surface area (Å²) in [5, 5.41) is 0. The van der Waals surface area contributed by atoms with Crippen molar-refractivity contribution < 1.29 is 4.74 Å². The van der Waals surface area contributed by atoms with Crippen LogP contribution in [0.15, 0.2) is 0 Å². The highest BCUT2D eigenvalue weighted by Crippen LogP contribution is 2.24. The molecule has 0 amide bonds. The van der Waals surface area contributed by atoms with Gasteiger partial charge in [0.05, 0.1) is 6.10 Å². The van der Waals surface area contributed by atoms with Crippen molar-refractivity contribution in [1.29, 1.82) is 0 Å². The Kier molecular flexibility index (Phi) is 5.58. The monoisotopic (exact) mass is 214 g/mol. The van der Waals surface area contributed by atoms with Crippen LogP contribution in [-0.4, -0.2) is 43.8 Å². The second-order valence-corrected chi connectivity index (χ2v) is 4.73. The van der Waals surface area contributed by atoms with Crippen LogP contribution in [0.25, 0.3) is 0 Å². The average Bonchev–Trinajstić information content (AvgIpc) is 2.29. The van der Waals surface area contributed by atoms with Crippen molar-refractivity contribution in [2.24, 2.45) is 11.7 Å². The van der Waals surface area contributed by atoms with E-state index in [1.807, 2.05) is 0 Å². The Morgan fingerprint density at radius 3 is 2.80 bits per heavy atom. The van der Waals surface area contributed by atoms with Gasteiger partial charge >= 0.3 is 0 Å². The van der Waals surface area contributed by atoms with Gasteiger partial charge in [0.25, 0.3) is 0 Å². The zero-order valence-corrected chi connectivity index (χ0v) is 10.4. The Bertz CT molecular complexity index is 175. The van der Waals surface area contributed by atoms with Crippen LogP contribution in [0.4, 0.5) is 0 Å². The van der Waals surface area contributed by atoms with Crippen molar-refractivity contribution in [2.45, 2.75) is 45.3 Å². The number of nitrogens with zero attached hydrogens (tertiary/aromatic N) is 1. The van der Waals surface area contributed by atoms with Gasteiger partial charge in [0, 0.05) is 26.2 Å². The number of hydrogen-bond donors (Lipinski definition) is 1. The summed E-state index contributed by atoms with van der Waals surface area (Å²) in [6, 6.07) is 0.571. The summed E-state index contributed by atoms with van der Waals surface area (Å²) in [5.41, 5.74) is 5.85. The molecular formula is C12H26N2O. The minimum atomic E-state index is 0.317. The van der Waals surface area contributed by atoms with Crippen molar-refractivity contribution in [2.75, 3.05) is 26.7 Å². The van der Waals surface area contributed by atoms with Crippen molar-refractivity contribution in [3.05, 3.63) is 0 Å². The van der Waals surface area contributed by atoms with Crippen LogP contribution < -0.4 is 5.73 Å². The molecule has 1 aliphatic rings. The van der Waals surface area contributed by atoms with E-state index in [0.29, 0.717) is 12.1 Å². The van der Waals surface area contributed by atoms with Gasteiger partial charge in [-0.15, -0.1) is 0 Å². The minimum absolute atomic E-state index is 0.317. The lowest BCUT2D eigenvalue weighted by atomic mass is 9.89. The van der Waals surface area contributed by atoms with Gasteiger partial charge in [-0.3, -0.25) is 4.90 Å². The van der Waals surface area contributed by atoms with Crippen molar-refractivity contribution in [3.8, 4) is 0 Å². The van der Waals surface area contributed by atoms with Gasteiger partial charge in [-0.25, -0.2) is 0 Å². The zero-order chi connectivity index (χ0) is 11.3. The number of piperidine rings is 1. The Labute approximate surface area is 94.0 Å². The molecular weight excluding hydrogens is 188 g/mol. The molecule has 0 spiro atoms. The quantitative estimate of drug-likeness (QED) is 0.753. The first-order valence-corrected chi connectivity index (χ1v) is 6.18. The fourth-order valence-electron chi connectivity index (χ4n) is 2.44. The highest BCUT2D eigenvalue weighted by Gasteiger charge is 2.27. The van der Waals surface area contributed by atoms with Crippen LogP contribution in [-0.2, 0) is 4.74 Å². The molecule has 0 bridgehead atoms. The van der Waals surface area contributed by atoms with Crippen molar-refractivity contribution in [1.82, 2.24) is 4.90 Å². The number of rotatable bonds is 5. The largest absolute Gasteiger partial charge is 0.380 e. The van der Waals surface area contributed by atoms with Gasteiger partial charge in [0.15, 0.2) is 0 Å². The van der Waals surface area contributed by atoms with E-state index < -0.39 is 0 Å². The van der Waals surface area contributed by atoms with Crippen LogP contribution >= 0.6 is 0 Å². The average molecular weight is 214 g/mol. The van der Waals surface area contributed by atoms with E-state index in [1.54, 1.807) is 7.11 Å². The van der Waals surface area contributed by atoms with Crippen molar-refractivity contribution >= 4 is 0 Å². The SMILES string of the molecule is CCC1CCN(CC(C)OC)C(CN)C1. The van der Waals surface area contributed by atoms with E-state index in [0.717, 1.165) is 19.0 Å². The molecule has 0 aromatic rings. The highest BCUT2D eigenvalue weighted by atomic mass is 16.5. The molecule has 1 heterocycles. The Morgan fingerprint density at radius 2 is 2.27 bits per heavy atom. The minimum Gasteiger partial charge on any atom is -0.380 e. The Hall–Kier alpha value is -0.120. The molecule has 2 N–H and O–H groups in total. The molecule has 1 saturated heterocycles. The molecule has 3 unspecified atom stereocenters. The summed E-state index contributed by atoms with van der Waals surface area (Å²) in [4.78, 5) is 2.50. The van der Waals surface area contributed by atoms with Gasteiger partial charge in [-0.1, -0.05) is 13.3 Å². The maximum atomic E-state index is 5.85. The van der Waals surface area contributed by atoms with Crippen LogP contribution in [0, 0.1) is 5.92 Å². The Morgan fingerprint density at radius 1 is 1.53 bits per heavy atom. The summed E-state index contributed by atoms with van der Waals surface area (Å²) >= 11 is 0. The lowest BCUT2D eigenvalue weighted by Gasteiger charge is -2.39. The summed E-state index contributed by atoms with van der Waals surface area (Å²) in [6.45, 7) is 7.40. The third-order valence-electron chi connectivity index (χ3n) is 3.69. The van der Waals surface area contributed by atoms with E-state index in [9.17, 15) is 0 Å². The van der Waals surface area contributed by atoms with Gasteiger partial charge < -0.3 is 10.5 Å². The Balaban J connectivity index is 2.43. The first kappa shape index (κ1) is 12.9. The molecule has 3 atom stereocenters. The van der Waals surface area contributed by atoms with Crippen LogP contribution in [0.1, 0.15) is 33.1 Å². The molecule has 1 aliphatic heterocycles. The maximum Gasteiger partial charge on any atom is 0.0670 e. The molecule has 90 valence electrons. The van der Waals surface area contributed by atoms with E-state index >= 15 is 0 Å². The first-order chi connectivity index (χ1) is 7.21. The third-order valence-corrected chi connectivity index (χ3v) is 3.69. The fourth-order valence-corrected chi connectivity index (χ4v) is 2.44. The number of ether oxygens (including phenoxy) is 1. The molecule has 0 aromatic heterocycles. The van der Waals surface area contributed by atoms with Gasteiger partial charge in [0.1, 0.15) is 0 Å². The van der Waals surface area contributed by atoms with E-state index in [1.165, 1.54) is 25.8 Å². The normalized spacial score (nSPS) is 30.4. The highest BCUT2D eigenvalue weighted by molar-refractivity contribution is 4.82. The van der Waals surface area contributed by atoms with Crippen LogP contribution in [0.5, 0.6) is 0 Å². The van der Waals surface area contributed by atoms with Gasteiger partial charge in [0.2, 0.25) is 0 Å². The first-order valence-electron chi connectivity index (χ1n) is 6.18. The van der Waals surface area contributed by atoms with Crippen LogP contribution in [0.3, 0.4) is 0 Å². The van der Waals surface area contributed by atoms with Gasteiger partial charge in [-0.2, -0.15) is 0 Å². The molecule has 3 heteroatoms. The zero-order valence-electron chi connectivity index (χ0n) is 10.4. The number of likely N-dealkylation sites (tertiary alicyclic amines) is 1. The molecule has 0 aromatic carbocycles. The number of hydrogen-bond acceptors (Lipinski definition) is 3. The second-order valence-electron chi connectivity index (χ2n) is 4.73. The standard InChI is InChI=1S/C12H26N2O/c1-4-11-5-6-14(9-10(2)15-3)12(7-11)8-13/h10-12H,4-9,13H2,1-3H3. The topological polar surface area (TPSA) is 38.5 Å². The molecule has 0 radical (unpaired) electrons. The summed E-state index contributed by atoms with van der Waals surface area (Å²) < 4.78 is 5.32. The molecule has 15 heavy (non-hydrogen) atoms. The predicted octanol–water partition coefficient (Wildman–Crippen LogP) is 1.47. The van der Waals surface area contributed by atoms with Crippen LogP contribution in [0.2, 0.25) is 0 Å². The second kappa shape index (κ2) is 6.46. The molecule has 1 fully saturated rings. The lowest BCUT2D eigenvalue weighted by molar-refractivity contribution is 0.0365. The van der Waals surface area contributed by atoms with Crippen molar-refractivity contribution in [3.63, 3.8) is 0 Å². The molecule has 0 aliphatic carbocycles. The lowest BCUT2D eigenvalue weighted by Crippen LogP contribution is -2.49. The molecule has 3 nitrogen and oxygen atoms in total. The molecule has 0 saturated carbocycles. The predicted molar refractivity (Wildman–Crippen MR) is 63.9 cm³/mol. The van der Waals surface area contributed by atoms with E-state index in [4.69, 9.17) is 10.5 Å². The number of nitrogens with two attached hydrogens (primary N) is 1. The summed E-state index contributed by atoms with van der Waals surface area (Å²) in [5.74, 6) is 0.882. The summed E-state index contributed by atoms with van der Waals surface area (Å²) in [6.07, 6.45) is 4.20. The third kappa shape index (κ3) is 3.74.